The second kappa shape index (κ2) is 6.04. The Kier molecular flexibility index (Phi) is 4.58. The van der Waals surface area contributed by atoms with E-state index >= 15 is 0 Å². The molecular weight excluding hydrogens is 268 g/mol. The highest BCUT2D eigenvalue weighted by Crippen LogP contribution is 2.31. The van der Waals surface area contributed by atoms with E-state index in [0.29, 0.717) is 13.0 Å². The lowest BCUT2D eigenvalue weighted by molar-refractivity contribution is 0.195. The summed E-state index contributed by atoms with van der Waals surface area (Å²) in [4.78, 5) is 5.83. The van der Waals surface area contributed by atoms with Crippen LogP contribution >= 0.6 is 11.3 Å². The largest absolute Gasteiger partial charge is 0.395 e. The number of aryl methyl sites for hydroxylation is 3. The van der Waals surface area contributed by atoms with Crippen LogP contribution in [-0.4, -0.2) is 23.2 Å². The third-order valence-electron chi connectivity index (χ3n) is 3.97. The fraction of sp³-hybridized carbons (Fsp3) is 0.438. The Labute approximate surface area is 124 Å². The maximum atomic E-state index is 9.99. The number of thiazole rings is 1. The molecule has 0 aliphatic rings. The van der Waals surface area contributed by atoms with Crippen LogP contribution in [0.1, 0.15) is 26.7 Å². The minimum Gasteiger partial charge on any atom is -0.395 e. The molecule has 3 N–H and O–H groups in total. The number of hydrogen-bond donors (Lipinski definition) is 2. The predicted octanol–water partition coefficient (Wildman–Crippen LogP) is 2.50. The van der Waals surface area contributed by atoms with E-state index in [0.717, 1.165) is 21.8 Å². The van der Waals surface area contributed by atoms with Crippen molar-refractivity contribution < 1.29 is 5.11 Å². The van der Waals surface area contributed by atoms with E-state index in [9.17, 15) is 5.11 Å². The van der Waals surface area contributed by atoms with Gasteiger partial charge in [-0.15, -0.1) is 11.3 Å². The van der Waals surface area contributed by atoms with Crippen molar-refractivity contribution in [1.82, 2.24) is 4.98 Å². The van der Waals surface area contributed by atoms with Crippen molar-refractivity contribution in [2.45, 2.75) is 32.6 Å². The first-order valence-electron chi connectivity index (χ1n) is 6.82. The summed E-state index contributed by atoms with van der Waals surface area (Å²) in [6, 6.07) is 8.13. The molecule has 0 spiro atoms. The van der Waals surface area contributed by atoms with E-state index in [-0.39, 0.29) is 6.61 Å². The molecule has 2 aromatic rings. The first kappa shape index (κ1) is 15.2. The van der Waals surface area contributed by atoms with Crippen molar-refractivity contribution in [3.05, 3.63) is 51.0 Å². The molecule has 0 aliphatic heterocycles. The summed E-state index contributed by atoms with van der Waals surface area (Å²) in [7, 11) is 0. The number of nitrogens with zero attached hydrogens (tertiary/aromatic N) is 1. The molecule has 1 heterocycles. The van der Waals surface area contributed by atoms with Crippen molar-refractivity contribution >= 4 is 11.3 Å². The molecule has 4 heteroatoms. The normalized spacial score (nSPS) is 14.2. The number of benzene rings is 1. The van der Waals surface area contributed by atoms with E-state index in [1.807, 2.05) is 19.1 Å². The van der Waals surface area contributed by atoms with E-state index in [1.54, 1.807) is 11.3 Å². The van der Waals surface area contributed by atoms with Gasteiger partial charge in [0.05, 0.1) is 17.3 Å². The van der Waals surface area contributed by atoms with Crippen LogP contribution in [0.3, 0.4) is 0 Å². The zero-order valence-electron chi connectivity index (χ0n) is 12.3. The molecule has 1 unspecified atom stereocenters. The minimum atomic E-state index is -0.442. The maximum Gasteiger partial charge on any atom is 0.0941 e. The van der Waals surface area contributed by atoms with Crippen molar-refractivity contribution in [3.8, 4) is 0 Å². The molecule has 2 rings (SSSR count). The Hall–Kier alpha value is -1.23. The van der Waals surface area contributed by atoms with Gasteiger partial charge >= 0.3 is 0 Å². The number of nitrogens with two attached hydrogens (primary N) is 1. The van der Waals surface area contributed by atoms with Gasteiger partial charge in [0.2, 0.25) is 0 Å². The van der Waals surface area contributed by atoms with Crippen LogP contribution < -0.4 is 5.73 Å². The van der Waals surface area contributed by atoms with Crippen LogP contribution in [0.4, 0.5) is 0 Å². The summed E-state index contributed by atoms with van der Waals surface area (Å²) in [6.45, 7) is 6.60. The highest BCUT2D eigenvalue weighted by molar-refractivity contribution is 7.11. The zero-order chi connectivity index (χ0) is 14.8. The van der Waals surface area contributed by atoms with E-state index < -0.39 is 5.41 Å². The summed E-state index contributed by atoms with van der Waals surface area (Å²) in [5.41, 5.74) is 8.94. The van der Waals surface area contributed by atoms with Gasteiger partial charge < -0.3 is 10.8 Å². The van der Waals surface area contributed by atoms with Crippen molar-refractivity contribution in [3.63, 3.8) is 0 Å². The molecule has 3 nitrogen and oxygen atoms in total. The van der Waals surface area contributed by atoms with Crippen LogP contribution in [0.5, 0.6) is 0 Å². The summed E-state index contributed by atoms with van der Waals surface area (Å²) in [5, 5.41) is 11.0. The van der Waals surface area contributed by atoms with Crippen LogP contribution in [0.25, 0.3) is 0 Å². The number of aromatic nitrogens is 1. The maximum absolute atomic E-state index is 9.99. The smallest absolute Gasteiger partial charge is 0.0941 e. The van der Waals surface area contributed by atoms with Gasteiger partial charge in [-0.2, -0.15) is 0 Å². The van der Waals surface area contributed by atoms with Crippen LogP contribution in [0, 0.1) is 20.8 Å². The number of aliphatic hydroxyl groups excluding tert-OH is 1. The van der Waals surface area contributed by atoms with Crippen LogP contribution in [0.2, 0.25) is 0 Å². The highest BCUT2D eigenvalue weighted by Gasteiger charge is 2.33. The molecule has 1 aromatic carbocycles. The molecule has 20 heavy (non-hydrogen) atoms. The standard InChI is InChI=1S/C16H22N2OS/c1-11-6-4-5-7-14(11)16(9-17,10-19)8-15-18-12(2)13(3)20-15/h4-7,19H,8-10,17H2,1-3H3. The third kappa shape index (κ3) is 2.77. The van der Waals surface area contributed by atoms with E-state index in [4.69, 9.17) is 5.73 Å². The first-order valence-corrected chi connectivity index (χ1v) is 7.64. The number of rotatable bonds is 5. The molecule has 0 aliphatic carbocycles. The van der Waals surface area contributed by atoms with E-state index in [2.05, 4.69) is 31.0 Å². The Bertz CT molecular complexity index is 568. The molecule has 0 amide bonds. The Morgan fingerprint density at radius 3 is 2.45 bits per heavy atom. The number of hydrogen-bond acceptors (Lipinski definition) is 4. The summed E-state index contributed by atoms with van der Waals surface area (Å²) >= 11 is 1.69. The second-order valence-corrected chi connectivity index (χ2v) is 6.67. The van der Waals surface area contributed by atoms with Gasteiger partial charge in [-0.1, -0.05) is 24.3 Å². The molecule has 0 saturated heterocycles. The van der Waals surface area contributed by atoms with Gasteiger partial charge in [0.1, 0.15) is 0 Å². The average molecular weight is 290 g/mol. The minimum absolute atomic E-state index is 0.0338. The average Bonchev–Trinajstić information content (AvgIpc) is 2.75. The van der Waals surface area contributed by atoms with Gasteiger partial charge in [-0.05, 0) is 31.9 Å². The molecule has 0 radical (unpaired) electrons. The topological polar surface area (TPSA) is 59.1 Å². The lowest BCUT2D eigenvalue weighted by Crippen LogP contribution is -2.41. The quantitative estimate of drug-likeness (QED) is 0.889. The molecule has 108 valence electrons. The molecule has 0 saturated carbocycles. The van der Waals surface area contributed by atoms with Gasteiger partial charge in [0.25, 0.3) is 0 Å². The van der Waals surface area contributed by atoms with E-state index in [1.165, 1.54) is 4.88 Å². The Balaban J connectivity index is 2.42. The molecule has 0 bridgehead atoms. The van der Waals surface area contributed by atoms with Gasteiger partial charge in [-0.25, -0.2) is 4.98 Å². The van der Waals surface area contributed by atoms with Crippen molar-refractivity contribution in [1.29, 1.82) is 0 Å². The Morgan fingerprint density at radius 2 is 1.95 bits per heavy atom. The fourth-order valence-corrected chi connectivity index (χ4v) is 3.63. The summed E-state index contributed by atoms with van der Waals surface area (Å²) < 4.78 is 0. The van der Waals surface area contributed by atoms with Crippen molar-refractivity contribution in [2.24, 2.45) is 5.73 Å². The number of aliphatic hydroxyl groups is 1. The monoisotopic (exact) mass is 290 g/mol. The molecular formula is C16H22N2OS. The third-order valence-corrected chi connectivity index (χ3v) is 5.05. The summed E-state index contributed by atoms with van der Waals surface area (Å²) in [6.07, 6.45) is 0.685. The highest BCUT2D eigenvalue weighted by atomic mass is 32.1. The lowest BCUT2D eigenvalue weighted by Gasteiger charge is -2.31. The summed E-state index contributed by atoms with van der Waals surface area (Å²) in [5.74, 6) is 0. The van der Waals surface area contributed by atoms with Gasteiger partial charge in [-0.3, -0.25) is 0 Å². The van der Waals surface area contributed by atoms with Crippen LogP contribution in [-0.2, 0) is 11.8 Å². The van der Waals surface area contributed by atoms with Crippen molar-refractivity contribution in [2.75, 3.05) is 13.2 Å². The lowest BCUT2D eigenvalue weighted by atomic mass is 9.76. The molecule has 1 aromatic heterocycles. The van der Waals surface area contributed by atoms with Gasteiger partial charge in [0, 0.05) is 23.3 Å². The molecule has 0 fully saturated rings. The SMILES string of the molecule is Cc1ccccc1C(CN)(CO)Cc1nc(C)c(C)s1. The first-order chi connectivity index (χ1) is 9.52. The Morgan fingerprint density at radius 1 is 1.25 bits per heavy atom. The fourth-order valence-electron chi connectivity index (χ4n) is 2.56. The zero-order valence-corrected chi connectivity index (χ0v) is 13.1. The van der Waals surface area contributed by atoms with Crippen LogP contribution in [0.15, 0.2) is 24.3 Å². The second-order valence-electron chi connectivity index (χ2n) is 5.38. The predicted molar refractivity (Wildman–Crippen MR) is 84.3 cm³/mol. The molecule has 1 atom stereocenters. The van der Waals surface area contributed by atoms with Gasteiger partial charge in [0.15, 0.2) is 0 Å².